The topological polar surface area (TPSA) is 116 Å². The zero-order valence-corrected chi connectivity index (χ0v) is 19.4. The molecule has 0 unspecified atom stereocenters. The molecule has 2 aliphatic rings. The van der Waals surface area contributed by atoms with Gasteiger partial charge in [-0.3, -0.25) is 19.3 Å². The van der Waals surface area contributed by atoms with Crippen LogP contribution in [0.25, 0.3) is 0 Å². The summed E-state index contributed by atoms with van der Waals surface area (Å²) in [6.07, 6.45) is 0.128. The SMILES string of the molecule is CC(=O)OCC1=C(C(=O)[O-])N2C(=O)[C@@H](NC(=O)Cc3ccccc3)[C@H]2SC1.[K+]. The van der Waals surface area contributed by atoms with Crippen molar-refractivity contribution in [1.82, 2.24) is 10.2 Å². The molecule has 1 aromatic rings. The summed E-state index contributed by atoms with van der Waals surface area (Å²) in [5, 5.41) is 13.7. The summed E-state index contributed by atoms with van der Waals surface area (Å²) in [4.78, 5) is 48.2. The average molecular weight is 429 g/mol. The van der Waals surface area contributed by atoms with Gasteiger partial charge in [0.1, 0.15) is 18.0 Å². The Hall–Kier alpha value is -1.17. The molecule has 1 aromatic carbocycles. The number of nitrogens with zero attached hydrogens (tertiary/aromatic N) is 1. The van der Waals surface area contributed by atoms with Crippen LogP contribution in [0.2, 0.25) is 0 Å². The van der Waals surface area contributed by atoms with Crippen molar-refractivity contribution in [3.63, 3.8) is 0 Å². The van der Waals surface area contributed by atoms with Crippen LogP contribution in [0.5, 0.6) is 0 Å². The van der Waals surface area contributed by atoms with E-state index in [1.807, 2.05) is 30.3 Å². The summed E-state index contributed by atoms with van der Waals surface area (Å²) < 4.78 is 4.85. The summed E-state index contributed by atoms with van der Waals surface area (Å²) in [5.41, 5.74) is 0.835. The summed E-state index contributed by atoms with van der Waals surface area (Å²) in [7, 11) is 0. The average Bonchev–Trinajstić information content (AvgIpc) is 2.64. The van der Waals surface area contributed by atoms with Gasteiger partial charge in [0.25, 0.3) is 5.91 Å². The monoisotopic (exact) mass is 428 g/mol. The second-order valence-corrected chi connectivity index (χ2v) is 7.24. The number of hydrogen-bond acceptors (Lipinski definition) is 7. The number of β-lactam (4-membered cyclic amide) rings is 1. The van der Waals surface area contributed by atoms with Crippen LogP contribution < -0.4 is 61.8 Å². The third-order valence-corrected chi connectivity index (χ3v) is 5.55. The number of aliphatic carboxylic acids is 1. The Labute approximate surface area is 208 Å². The molecule has 2 aliphatic heterocycles. The molecule has 1 N–H and O–H groups in total. The molecule has 28 heavy (non-hydrogen) atoms. The number of esters is 1. The van der Waals surface area contributed by atoms with Gasteiger partial charge in [0, 0.05) is 18.2 Å². The zero-order chi connectivity index (χ0) is 19.6. The molecule has 2 heterocycles. The molecule has 0 saturated carbocycles. The number of carbonyl (C=O) groups is 4. The molecule has 2 amide bonds. The first-order chi connectivity index (χ1) is 12.9. The van der Waals surface area contributed by atoms with Crippen LogP contribution in [-0.4, -0.2) is 52.4 Å². The van der Waals surface area contributed by atoms with Crippen LogP contribution in [0.1, 0.15) is 12.5 Å². The van der Waals surface area contributed by atoms with Crippen molar-refractivity contribution in [2.45, 2.75) is 24.8 Å². The fourth-order valence-electron chi connectivity index (χ4n) is 2.98. The maximum absolute atomic E-state index is 12.4. The Balaban J connectivity index is 0.00000280. The van der Waals surface area contributed by atoms with E-state index in [4.69, 9.17) is 4.74 Å². The standard InChI is InChI=1S/C18H18N2O6S.K/c1-10(21)26-8-12-9-27-17-14(16(23)20(17)15(12)18(24)25)19-13(22)7-11-5-3-2-4-6-11;/h2-6,14,17H,7-9H2,1H3,(H,19,22)(H,24,25);/q;+1/p-1/t14-,17-;/m1./s1. The fourth-order valence-corrected chi connectivity index (χ4v) is 4.30. The number of benzene rings is 1. The molecule has 0 aromatic heterocycles. The van der Waals surface area contributed by atoms with Gasteiger partial charge in [0.15, 0.2) is 0 Å². The van der Waals surface area contributed by atoms with Crippen LogP contribution >= 0.6 is 11.8 Å². The van der Waals surface area contributed by atoms with Gasteiger partial charge in [-0.05, 0) is 5.56 Å². The van der Waals surface area contributed by atoms with E-state index in [-0.39, 0.29) is 81.8 Å². The molecule has 8 nitrogen and oxygen atoms in total. The second-order valence-electron chi connectivity index (χ2n) is 6.14. The number of hydrogen-bond donors (Lipinski definition) is 1. The van der Waals surface area contributed by atoms with Crippen LogP contribution in [0, 0.1) is 0 Å². The van der Waals surface area contributed by atoms with E-state index in [0.717, 1.165) is 10.5 Å². The molecule has 142 valence electrons. The van der Waals surface area contributed by atoms with Gasteiger partial charge < -0.3 is 20.0 Å². The number of nitrogens with one attached hydrogen (secondary N) is 1. The number of thioether (sulfide) groups is 1. The Morgan fingerprint density at radius 2 is 1.96 bits per heavy atom. The van der Waals surface area contributed by atoms with Gasteiger partial charge in [-0.2, -0.15) is 0 Å². The number of ether oxygens (including phenoxy) is 1. The minimum absolute atomic E-state index is 0. The van der Waals surface area contributed by atoms with Crippen molar-refractivity contribution in [2.24, 2.45) is 0 Å². The molecule has 0 aliphatic carbocycles. The molecule has 2 atom stereocenters. The predicted molar refractivity (Wildman–Crippen MR) is 93.8 cm³/mol. The quantitative estimate of drug-likeness (QED) is 0.281. The second kappa shape index (κ2) is 10.0. The van der Waals surface area contributed by atoms with Gasteiger partial charge in [0.05, 0.1) is 18.1 Å². The number of fused-ring (bicyclic) bond motifs is 1. The van der Waals surface area contributed by atoms with Gasteiger partial charge in [0.2, 0.25) is 5.91 Å². The minimum Gasteiger partial charge on any atom is -0.543 e. The maximum atomic E-state index is 12.4. The first kappa shape index (κ1) is 23.1. The number of rotatable bonds is 6. The number of carbonyl (C=O) groups excluding carboxylic acids is 4. The van der Waals surface area contributed by atoms with Crippen LogP contribution in [0.3, 0.4) is 0 Å². The summed E-state index contributed by atoms with van der Waals surface area (Å²) >= 11 is 1.30. The largest absolute Gasteiger partial charge is 1.00 e. The summed E-state index contributed by atoms with van der Waals surface area (Å²) in [6.45, 7) is 0.998. The number of carboxylic acids is 1. The van der Waals surface area contributed by atoms with E-state index >= 15 is 0 Å². The van der Waals surface area contributed by atoms with Crippen molar-refractivity contribution in [3.8, 4) is 0 Å². The maximum Gasteiger partial charge on any atom is 1.00 e. The van der Waals surface area contributed by atoms with Crippen molar-refractivity contribution < 1.29 is 80.4 Å². The normalized spacial score (nSPS) is 20.5. The molecule has 0 radical (unpaired) electrons. The van der Waals surface area contributed by atoms with E-state index in [0.29, 0.717) is 5.57 Å². The molecule has 1 saturated heterocycles. The molecule has 3 rings (SSSR count). The van der Waals surface area contributed by atoms with Crippen molar-refractivity contribution >= 4 is 35.5 Å². The Kier molecular flexibility index (Phi) is 8.28. The molecule has 0 spiro atoms. The Morgan fingerprint density at radius 3 is 2.57 bits per heavy atom. The van der Waals surface area contributed by atoms with Crippen molar-refractivity contribution in [1.29, 1.82) is 0 Å². The van der Waals surface area contributed by atoms with E-state index in [1.165, 1.54) is 18.7 Å². The van der Waals surface area contributed by atoms with E-state index in [2.05, 4.69) is 5.32 Å². The predicted octanol–water partition coefficient (Wildman–Crippen LogP) is -3.80. The van der Waals surface area contributed by atoms with E-state index in [9.17, 15) is 24.3 Å². The molecular formula is C18H17KN2O6S. The Morgan fingerprint density at radius 1 is 1.29 bits per heavy atom. The van der Waals surface area contributed by atoms with Crippen molar-refractivity contribution in [3.05, 3.63) is 47.2 Å². The van der Waals surface area contributed by atoms with Gasteiger partial charge in [-0.25, -0.2) is 0 Å². The number of amides is 2. The molecular weight excluding hydrogens is 411 g/mol. The number of carboxylic acid groups (broad SMARTS) is 1. The van der Waals surface area contributed by atoms with E-state index < -0.39 is 29.3 Å². The summed E-state index contributed by atoms with van der Waals surface area (Å²) in [6, 6.07) is 8.30. The molecule has 10 heteroatoms. The van der Waals surface area contributed by atoms with Crippen LogP contribution in [0.15, 0.2) is 41.6 Å². The zero-order valence-electron chi connectivity index (χ0n) is 15.5. The molecule has 1 fully saturated rings. The summed E-state index contributed by atoms with van der Waals surface area (Å²) in [5.74, 6) is -2.63. The fraction of sp³-hybridized carbons (Fsp3) is 0.333. The van der Waals surface area contributed by atoms with E-state index in [1.54, 1.807) is 0 Å². The minimum atomic E-state index is -1.51. The third kappa shape index (κ3) is 5.05. The van der Waals surface area contributed by atoms with Crippen molar-refractivity contribution in [2.75, 3.05) is 12.4 Å². The Bertz CT molecular complexity index is 829. The molecule has 0 bridgehead atoms. The van der Waals surface area contributed by atoms with Crippen LogP contribution in [-0.2, 0) is 30.3 Å². The van der Waals surface area contributed by atoms with Gasteiger partial charge in [-0.15, -0.1) is 11.8 Å². The smallest absolute Gasteiger partial charge is 0.543 e. The first-order valence-electron chi connectivity index (χ1n) is 8.23. The third-order valence-electron chi connectivity index (χ3n) is 4.21. The van der Waals surface area contributed by atoms with Gasteiger partial charge in [-0.1, -0.05) is 30.3 Å². The van der Waals surface area contributed by atoms with Crippen LogP contribution in [0.4, 0.5) is 0 Å². The van der Waals surface area contributed by atoms with Gasteiger partial charge >= 0.3 is 57.4 Å². The first-order valence-corrected chi connectivity index (χ1v) is 9.28.